The molecule has 6 nitrogen and oxygen atoms in total. The van der Waals surface area contributed by atoms with Crippen LogP contribution in [-0.4, -0.2) is 41.4 Å². The van der Waals surface area contributed by atoms with Gasteiger partial charge in [-0.2, -0.15) is 0 Å². The molecule has 0 N–H and O–H groups in total. The molecule has 35 heavy (non-hydrogen) atoms. The molecule has 0 fully saturated rings. The van der Waals surface area contributed by atoms with Gasteiger partial charge in [0, 0.05) is 37.4 Å². The van der Waals surface area contributed by atoms with E-state index in [1.165, 1.54) is 29.3 Å². The molecule has 0 radical (unpaired) electrons. The maximum atomic E-state index is 14.2. The summed E-state index contributed by atoms with van der Waals surface area (Å²) in [5.74, 6) is -1.35. The molecule has 0 spiro atoms. The molecule has 1 aliphatic rings. The minimum Gasteiger partial charge on any atom is -0.478 e. The summed E-state index contributed by atoms with van der Waals surface area (Å²) in [6.45, 7) is 4.41. The Morgan fingerprint density at radius 1 is 1.06 bits per heavy atom. The highest BCUT2D eigenvalue weighted by molar-refractivity contribution is 5.97. The molecule has 0 saturated heterocycles. The highest BCUT2D eigenvalue weighted by Crippen LogP contribution is 2.31. The summed E-state index contributed by atoms with van der Waals surface area (Å²) in [5.41, 5.74) is 3.33. The molecular formula is C27H25F2N3O3. The van der Waals surface area contributed by atoms with Crippen LogP contribution in [-0.2, 0) is 13.1 Å². The second kappa shape index (κ2) is 10.1. The number of Topliss-reactive ketones (excluding diaryl/α,β-unsaturated/α-hetero) is 1. The van der Waals surface area contributed by atoms with Crippen LogP contribution in [0.4, 0.5) is 8.78 Å². The first-order chi connectivity index (χ1) is 16.8. The van der Waals surface area contributed by atoms with Gasteiger partial charge in [0.1, 0.15) is 17.3 Å². The molecule has 0 aliphatic carbocycles. The lowest BCUT2D eigenvalue weighted by Gasteiger charge is -2.20. The smallest absolute Gasteiger partial charge is 0.272 e. The van der Waals surface area contributed by atoms with Gasteiger partial charge in [-0.05, 0) is 53.9 Å². The Kier molecular flexibility index (Phi) is 7.00. The average Bonchev–Trinajstić information content (AvgIpc) is 3.37. The Labute approximate surface area is 202 Å². The number of halogens is 2. The Balaban J connectivity index is 1.62. The number of carbonyl (C=O) groups excluding carboxylic acids is 2. The molecule has 8 heteroatoms. The van der Waals surface area contributed by atoms with Crippen molar-refractivity contribution in [3.05, 3.63) is 82.0 Å². The molecule has 4 rings (SSSR count). The molecular weight excluding hydrogens is 452 g/mol. The quantitative estimate of drug-likeness (QED) is 0.417. The maximum absolute atomic E-state index is 14.2. The van der Waals surface area contributed by atoms with Crippen LogP contribution in [0.15, 0.2) is 47.5 Å². The van der Waals surface area contributed by atoms with E-state index in [4.69, 9.17) is 4.74 Å². The molecule has 1 amide bonds. The van der Waals surface area contributed by atoms with Crippen LogP contribution < -0.4 is 4.74 Å². The molecule has 3 aromatic rings. The second-order valence-corrected chi connectivity index (χ2v) is 8.18. The number of benzene rings is 2. The predicted octanol–water partition coefficient (Wildman–Crippen LogP) is 5.22. The number of hydrogen-bond donors (Lipinski definition) is 0. The molecule has 0 saturated carbocycles. The molecule has 2 heterocycles. The van der Waals surface area contributed by atoms with E-state index in [0.29, 0.717) is 29.8 Å². The molecule has 0 bridgehead atoms. The van der Waals surface area contributed by atoms with E-state index in [-0.39, 0.29) is 47.6 Å². The van der Waals surface area contributed by atoms with Crippen LogP contribution in [0, 0.1) is 11.6 Å². The number of nitrogens with zero attached hydrogens (tertiary/aromatic N) is 3. The Bertz CT molecular complexity index is 1340. The van der Waals surface area contributed by atoms with E-state index in [1.54, 1.807) is 45.2 Å². The molecule has 1 aromatic heterocycles. The number of hydrogen-bond acceptors (Lipinski definition) is 5. The van der Waals surface area contributed by atoms with Crippen molar-refractivity contribution in [1.29, 1.82) is 0 Å². The number of ketones is 1. The Morgan fingerprint density at radius 3 is 2.57 bits per heavy atom. The second-order valence-electron chi connectivity index (χ2n) is 8.18. The van der Waals surface area contributed by atoms with Crippen molar-refractivity contribution in [2.45, 2.75) is 33.4 Å². The van der Waals surface area contributed by atoms with Crippen LogP contribution >= 0.6 is 0 Å². The first-order valence-electron chi connectivity index (χ1n) is 11.4. The summed E-state index contributed by atoms with van der Waals surface area (Å²) >= 11 is 0. The zero-order valence-corrected chi connectivity index (χ0v) is 19.8. The van der Waals surface area contributed by atoms with Crippen LogP contribution in [0.25, 0.3) is 11.1 Å². The number of rotatable bonds is 8. The van der Waals surface area contributed by atoms with E-state index in [0.717, 1.165) is 11.1 Å². The summed E-state index contributed by atoms with van der Waals surface area (Å²) in [7, 11) is 1.65. The van der Waals surface area contributed by atoms with Crippen molar-refractivity contribution in [2.75, 3.05) is 13.7 Å². The van der Waals surface area contributed by atoms with Gasteiger partial charge in [-0.25, -0.2) is 13.8 Å². The van der Waals surface area contributed by atoms with E-state index >= 15 is 0 Å². The molecule has 180 valence electrons. The fourth-order valence-electron chi connectivity index (χ4n) is 4.03. The third-order valence-electron chi connectivity index (χ3n) is 5.88. The van der Waals surface area contributed by atoms with Crippen LogP contribution in [0.1, 0.15) is 57.8 Å². The van der Waals surface area contributed by atoms with Gasteiger partial charge in [-0.1, -0.05) is 19.1 Å². The zero-order chi connectivity index (χ0) is 25.1. The lowest BCUT2D eigenvalue weighted by Crippen LogP contribution is -2.27. The number of fused-ring (bicyclic) bond motifs is 1. The van der Waals surface area contributed by atoms with E-state index in [2.05, 4.69) is 9.98 Å². The lowest BCUT2D eigenvalue weighted by atomic mass is 10.00. The lowest BCUT2D eigenvalue weighted by molar-refractivity contribution is 0.0777. The van der Waals surface area contributed by atoms with Crippen molar-refractivity contribution in [1.82, 2.24) is 9.88 Å². The fourth-order valence-corrected chi connectivity index (χ4v) is 4.03. The van der Waals surface area contributed by atoms with Gasteiger partial charge in [0.2, 0.25) is 5.88 Å². The summed E-state index contributed by atoms with van der Waals surface area (Å²) in [5, 5.41) is 0. The summed E-state index contributed by atoms with van der Waals surface area (Å²) in [6.07, 6.45) is 1.69. The molecule has 0 unspecified atom stereocenters. The molecule has 1 aliphatic heterocycles. The van der Waals surface area contributed by atoms with Gasteiger partial charge in [-0.3, -0.25) is 14.6 Å². The SMILES string of the molecule is CCOc1nc(C(=O)N(C)Cc2ccc(F)c3c2CN=C3)ccc1-c1ccc(F)c(C(=O)CC)c1. The molecule has 2 aromatic carbocycles. The highest BCUT2D eigenvalue weighted by atomic mass is 19.1. The molecule has 0 atom stereocenters. The summed E-state index contributed by atoms with van der Waals surface area (Å²) in [6, 6.07) is 10.6. The topological polar surface area (TPSA) is 71.9 Å². The number of aliphatic imine (C=N–C) groups is 1. The first kappa shape index (κ1) is 24.2. The standard InChI is InChI=1S/C27H25F2N3O3/c1-4-25(33)19-12-16(6-9-22(19)28)18-8-11-24(31-26(18)35-5-2)27(34)32(3)15-17-7-10-23(29)21-14-30-13-20(17)21/h6-12,14H,4-5,13,15H2,1-3H3. The van der Waals surface area contributed by atoms with Gasteiger partial charge < -0.3 is 9.64 Å². The predicted molar refractivity (Wildman–Crippen MR) is 129 cm³/mol. The van der Waals surface area contributed by atoms with Gasteiger partial charge in [0.15, 0.2) is 5.78 Å². The number of carbonyl (C=O) groups is 2. The Hall–Kier alpha value is -3.94. The van der Waals surface area contributed by atoms with Crippen LogP contribution in [0.5, 0.6) is 5.88 Å². The fraction of sp³-hybridized carbons (Fsp3) is 0.259. The van der Waals surface area contributed by atoms with Gasteiger partial charge in [0.05, 0.1) is 18.7 Å². The van der Waals surface area contributed by atoms with Gasteiger partial charge >= 0.3 is 0 Å². The zero-order valence-electron chi connectivity index (χ0n) is 19.8. The van der Waals surface area contributed by atoms with Crippen molar-refractivity contribution in [3.63, 3.8) is 0 Å². The third kappa shape index (κ3) is 4.82. The van der Waals surface area contributed by atoms with E-state index < -0.39 is 5.82 Å². The summed E-state index contributed by atoms with van der Waals surface area (Å²) in [4.78, 5) is 35.3. The highest BCUT2D eigenvalue weighted by Gasteiger charge is 2.21. The number of ether oxygens (including phenoxy) is 1. The largest absolute Gasteiger partial charge is 0.478 e. The first-order valence-corrected chi connectivity index (χ1v) is 11.4. The van der Waals surface area contributed by atoms with Crippen LogP contribution in [0.3, 0.4) is 0 Å². The van der Waals surface area contributed by atoms with Crippen molar-refractivity contribution in [3.8, 4) is 17.0 Å². The minimum absolute atomic E-state index is 0.00291. The van der Waals surface area contributed by atoms with Crippen molar-refractivity contribution >= 4 is 17.9 Å². The minimum atomic E-state index is -0.586. The normalized spacial score (nSPS) is 11.9. The number of pyridine rings is 1. The van der Waals surface area contributed by atoms with Crippen molar-refractivity contribution < 1.29 is 23.1 Å². The van der Waals surface area contributed by atoms with E-state index in [1.807, 2.05) is 0 Å². The van der Waals surface area contributed by atoms with Gasteiger partial charge in [0.25, 0.3) is 5.91 Å². The summed E-state index contributed by atoms with van der Waals surface area (Å²) < 4.78 is 33.9. The maximum Gasteiger partial charge on any atom is 0.272 e. The van der Waals surface area contributed by atoms with E-state index in [9.17, 15) is 18.4 Å². The van der Waals surface area contributed by atoms with Crippen molar-refractivity contribution in [2.24, 2.45) is 4.99 Å². The van der Waals surface area contributed by atoms with Crippen LogP contribution in [0.2, 0.25) is 0 Å². The monoisotopic (exact) mass is 477 g/mol. The number of aromatic nitrogens is 1. The third-order valence-corrected chi connectivity index (χ3v) is 5.88. The van der Waals surface area contributed by atoms with Gasteiger partial charge in [-0.15, -0.1) is 0 Å². The number of amides is 1. The average molecular weight is 478 g/mol. The Morgan fingerprint density at radius 2 is 1.83 bits per heavy atom.